The third kappa shape index (κ3) is 1.34. The zero-order valence-electron chi connectivity index (χ0n) is 9.06. The summed E-state index contributed by atoms with van der Waals surface area (Å²) in [5.41, 5.74) is 1.20. The lowest BCUT2D eigenvalue weighted by molar-refractivity contribution is -0.963. The van der Waals surface area contributed by atoms with E-state index >= 15 is 0 Å². The van der Waals surface area contributed by atoms with E-state index < -0.39 is 0 Å². The quantitative estimate of drug-likeness (QED) is 0.756. The molecule has 4 heteroatoms. The fourth-order valence-electron chi connectivity index (χ4n) is 2.50. The van der Waals surface area contributed by atoms with Crippen LogP contribution in [-0.4, -0.2) is 36.4 Å². The predicted molar refractivity (Wildman–Crippen MR) is 58.4 cm³/mol. The number of benzene rings is 1. The Morgan fingerprint density at radius 3 is 2.88 bits per heavy atom. The van der Waals surface area contributed by atoms with Crippen molar-refractivity contribution in [2.24, 2.45) is 0 Å². The van der Waals surface area contributed by atoms with Gasteiger partial charge in [0.15, 0.2) is 0 Å². The summed E-state index contributed by atoms with van der Waals surface area (Å²) in [6.07, 6.45) is -0.0585. The van der Waals surface area contributed by atoms with Crippen LogP contribution in [0, 0.1) is 0 Å². The fraction of sp³-hybridized carbons (Fsp3) is 0.417. The van der Waals surface area contributed by atoms with E-state index in [1.807, 2.05) is 18.2 Å². The molecule has 2 heterocycles. The summed E-state index contributed by atoms with van der Waals surface area (Å²) in [6.45, 7) is 3.25. The molecule has 4 nitrogen and oxygen atoms in total. The van der Waals surface area contributed by atoms with E-state index in [9.17, 15) is 4.79 Å². The number of hydrogen-bond donors (Lipinski definition) is 1. The molecule has 0 aromatic heterocycles. The Morgan fingerprint density at radius 2 is 2.19 bits per heavy atom. The van der Waals surface area contributed by atoms with Gasteiger partial charge in [-0.05, 0) is 0 Å². The van der Waals surface area contributed by atoms with Crippen LogP contribution < -0.4 is 5.32 Å². The smallest absolute Gasteiger partial charge is 0.365 e. The Hall–Kier alpha value is -1.39. The van der Waals surface area contributed by atoms with Gasteiger partial charge in [-0.3, -0.25) is 0 Å². The Bertz CT molecular complexity index is 407. The third-order valence-corrected chi connectivity index (χ3v) is 3.47. The van der Waals surface area contributed by atoms with Crippen molar-refractivity contribution in [3.8, 4) is 0 Å². The molecule has 16 heavy (non-hydrogen) atoms. The largest absolute Gasteiger partial charge is 0.524 e. The first-order valence-corrected chi connectivity index (χ1v) is 5.64. The molecule has 1 amide bonds. The van der Waals surface area contributed by atoms with Crippen LogP contribution >= 0.6 is 0 Å². The number of rotatable bonds is 2. The molecule has 1 aromatic carbocycles. The molecule has 3 rings (SSSR count). The van der Waals surface area contributed by atoms with Crippen molar-refractivity contribution < 1.29 is 14.0 Å². The normalized spacial score (nSPS) is 32.5. The highest BCUT2D eigenvalue weighted by atomic mass is 16.6. The Kier molecular flexibility index (Phi) is 2.19. The van der Waals surface area contributed by atoms with Gasteiger partial charge in [-0.15, -0.1) is 0 Å². The Morgan fingerprint density at radius 1 is 1.38 bits per heavy atom. The zero-order valence-corrected chi connectivity index (χ0v) is 9.06. The average molecular weight is 219 g/mol. The molecule has 2 saturated heterocycles. The molecule has 2 fully saturated rings. The van der Waals surface area contributed by atoms with E-state index in [0.29, 0.717) is 4.48 Å². The Balaban J connectivity index is 1.84. The number of hydrogen-bond acceptors (Lipinski definition) is 3. The van der Waals surface area contributed by atoms with Gasteiger partial charge in [0.25, 0.3) is 6.23 Å². The van der Waals surface area contributed by atoms with Crippen LogP contribution in [-0.2, 0) is 11.3 Å². The van der Waals surface area contributed by atoms with Crippen molar-refractivity contribution in [2.75, 3.05) is 19.6 Å². The number of carbonyl (C=O) groups excluding carboxylic acids is 1. The number of nitrogens with one attached hydrogen (secondary N) is 1. The summed E-state index contributed by atoms with van der Waals surface area (Å²) in [5, 5.41) is 3.25. The highest BCUT2D eigenvalue weighted by Gasteiger charge is 2.59. The van der Waals surface area contributed by atoms with Gasteiger partial charge < -0.3 is 10.1 Å². The SMILES string of the molecule is O=C1OC2CNCC[N+]12Cc1ccccc1. The van der Waals surface area contributed by atoms with Crippen LogP contribution in [0.15, 0.2) is 30.3 Å². The fourth-order valence-corrected chi connectivity index (χ4v) is 2.50. The lowest BCUT2D eigenvalue weighted by Crippen LogP contribution is -2.76. The summed E-state index contributed by atoms with van der Waals surface area (Å²) in [7, 11) is 0. The highest BCUT2D eigenvalue weighted by molar-refractivity contribution is 5.64. The number of quaternary nitrogens is 1. The molecule has 0 spiro atoms. The van der Waals surface area contributed by atoms with E-state index in [1.54, 1.807) is 0 Å². The third-order valence-electron chi connectivity index (χ3n) is 3.47. The van der Waals surface area contributed by atoms with Gasteiger partial charge in [-0.1, -0.05) is 30.3 Å². The number of carbonyl (C=O) groups is 1. The van der Waals surface area contributed by atoms with Crippen molar-refractivity contribution in [3.05, 3.63) is 35.9 Å². The molecular weight excluding hydrogens is 204 g/mol. The number of piperazine rings is 1. The highest BCUT2D eigenvalue weighted by Crippen LogP contribution is 2.32. The van der Waals surface area contributed by atoms with E-state index in [-0.39, 0.29) is 12.3 Å². The summed E-state index contributed by atoms with van der Waals surface area (Å²) < 4.78 is 5.66. The van der Waals surface area contributed by atoms with Crippen molar-refractivity contribution in [3.63, 3.8) is 0 Å². The standard InChI is InChI=1S/C12H15N2O2/c15-12-14(7-6-13-8-11(14)16-12)9-10-4-2-1-3-5-10/h1-5,11,13H,6-9H2/q+1. The summed E-state index contributed by atoms with van der Waals surface area (Å²) in [4.78, 5) is 11.7. The molecule has 1 N–H and O–H groups in total. The minimum absolute atomic E-state index is 0.0152. The maximum absolute atomic E-state index is 11.7. The van der Waals surface area contributed by atoms with Gasteiger partial charge in [0.2, 0.25) is 0 Å². The molecule has 0 bridgehead atoms. The Labute approximate surface area is 94.4 Å². The van der Waals surface area contributed by atoms with E-state index in [1.165, 1.54) is 5.56 Å². The van der Waals surface area contributed by atoms with Crippen molar-refractivity contribution in [2.45, 2.75) is 12.8 Å². The molecule has 2 aliphatic rings. The molecule has 84 valence electrons. The van der Waals surface area contributed by atoms with Gasteiger partial charge in [0.1, 0.15) is 13.1 Å². The first kappa shape index (κ1) is 9.81. The van der Waals surface area contributed by atoms with E-state index in [0.717, 1.165) is 26.2 Å². The van der Waals surface area contributed by atoms with E-state index in [2.05, 4.69) is 17.4 Å². The van der Waals surface area contributed by atoms with Crippen LogP contribution in [0.4, 0.5) is 4.79 Å². The van der Waals surface area contributed by atoms with Crippen molar-refractivity contribution in [1.82, 2.24) is 5.32 Å². The maximum atomic E-state index is 11.7. The number of ether oxygens (including phenoxy) is 1. The molecule has 2 unspecified atom stereocenters. The van der Waals surface area contributed by atoms with Crippen LogP contribution in [0.5, 0.6) is 0 Å². The molecule has 0 saturated carbocycles. The van der Waals surface area contributed by atoms with Gasteiger partial charge >= 0.3 is 6.09 Å². The van der Waals surface area contributed by atoms with Crippen LogP contribution in [0.3, 0.4) is 0 Å². The molecule has 1 aromatic rings. The minimum atomic E-state index is -0.0737. The lowest BCUT2D eigenvalue weighted by Gasteiger charge is -2.49. The van der Waals surface area contributed by atoms with E-state index in [4.69, 9.17) is 4.74 Å². The molecule has 0 radical (unpaired) electrons. The second-order valence-corrected chi connectivity index (χ2v) is 4.44. The molecule has 2 atom stereocenters. The number of nitrogens with zero attached hydrogens (tertiary/aromatic N) is 1. The predicted octanol–water partition coefficient (Wildman–Crippen LogP) is 1.08. The summed E-state index contributed by atoms with van der Waals surface area (Å²) in [5.74, 6) is 0. The number of amides is 1. The molecule has 2 aliphatic heterocycles. The first-order valence-electron chi connectivity index (χ1n) is 5.64. The minimum Gasteiger partial charge on any atom is -0.365 e. The van der Waals surface area contributed by atoms with Crippen LogP contribution in [0.2, 0.25) is 0 Å². The average Bonchev–Trinajstić information content (AvgIpc) is 2.32. The van der Waals surface area contributed by atoms with Crippen molar-refractivity contribution >= 4 is 6.09 Å². The first-order chi connectivity index (χ1) is 7.81. The van der Waals surface area contributed by atoms with Gasteiger partial charge in [0, 0.05) is 12.1 Å². The zero-order chi connectivity index (χ0) is 11.0. The second-order valence-electron chi connectivity index (χ2n) is 4.44. The maximum Gasteiger partial charge on any atom is 0.524 e. The van der Waals surface area contributed by atoms with Crippen LogP contribution in [0.25, 0.3) is 0 Å². The van der Waals surface area contributed by atoms with Gasteiger partial charge in [-0.2, -0.15) is 9.28 Å². The van der Waals surface area contributed by atoms with Crippen molar-refractivity contribution in [1.29, 1.82) is 0 Å². The van der Waals surface area contributed by atoms with Gasteiger partial charge in [0.05, 0.1) is 6.54 Å². The monoisotopic (exact) mass is 219 g/mol. The summed E-state index contributed by atoms with van der Waals surface area (Å²) in [6, 6.07) is 10.1. The molecular formula is C12H15N2O2+. The summed E-state index contributed by atoms with van der Waals surface area (Å²) >= 11 is 0. The lowest BCUT2D eigenvalue weighted by atomic mass is 10.1. The molecule has 0 aliphatic carbocycles. The van der Waals surface area contributed by atoms with Crippen LogP contribution in [0.1, 0.15) is 5.56 Å². The number of fused-ring (bicyclic) bond motifs is 1. The second kappa shape index (κ2) is 3.57. The van der Waals surface area contributed by atoms with Gasteiger partial charge in [-0.25, -0.2) is 0 Å². The topological polar surface area (TPSA) is 38.3 Å².